The molecule has 1 aromatic rings. The van der Waals surface area contributed by atoms with Crippen molar-refractivity contribution in [1.29, 1.82) is 5.26 Å². The van der Waals surface area contributed by atoms with Gasteiger partial charge in [0.1, 0.15) is 0 Å². The third-order valence-corrected chi connectivity index (χ3v) is 9.01. The van der Waals surface area contributed by atoms with Crippen LogP contribution in [0.5, 0.6) is 0 Å². The molecule has 0 radical (unpaired) electrons. The lowest BCUT2D eigenvalue weighted by atomic mass is 9.48. The zero-order chi connectivity index (χ0) is 23.4. The molecule has 7 heteroatoms. The SMILES string of the molecule is CC(C)(C(=O)NC1C2CC3CC1CC(C(=O)O)(C3)C2)N1CCN(c2ccc(C#N)cc2)CC1. The summed E-state index contributed by atoms with van der Waals surface area (Å²) >= 11 is 0. The smallest absolute Gasteiger partial charge is 0.309 e. The molecular formula is C26H34N4O3. The molecule has 1 heterocycles. The molecule has 4 aliphatic carbocycles. The number of piperazine rings is 1. The van der Waals surface area contributed by atoms with Crippen molar-refractivity contribution in [3.05, 3.63) is 29.8 Å². The van der Waals surface area contributed by atoms with Gasteiger partial charge in [0.05, 0.1) is 22.6 Å². The molecular weight excluding hydrogens is 416 g/mol. The Labute approximate surface area is 195 Å². The van der Waals surface area contributed by atoms with E-state index in [9.17, 15) is 14.7 Å². The molecule has 4 bridgehead atoms. The van der Waals surface area contributed by atoms with Crippen LogP contribution in [0.1, 0.15) is 51.5 Å². The highest BCUT2D eigenvalue weighted by molar-refractivity contribution is 5.86. The van der Waals surface area contributed by atoms with Crippen LogP contribution in [-0.4, -0.2) is 59.6 Å². The van der Waals surface area contributed by atoms with Gasteiger partial charge in [-0.3, -0.25) is 14.5 Å². The first kappa shape index (κ1) is 22.2. The molecule has 7 nitrogen and oxygen atoms in total. The summed E-state index contributed by atoms with van der Waals surface area (Å²) < 4.78 is 0. The maximum atomic E-state index is 13.5. The summed E-state index contributed by atoms with van der Waals surface area (Å²) in [6.45, 7) is 7.27. The summed E-state index contributed by atoms with van der Waals surface area (Å²) in [5.74, 6) is 0.527. The average Bonchev–Trinajstić information content (AvgIpc) is 2.81. The van der Waals surface area contributed by atoms with Gasteiger partial charge in [-0.1, -0.05) is 0 Å². The number of carbonyl (C=O) groups is 2. The van der Waals surface area contributed by atoms with Crippen molar-refractivity contribution in [2.24, 2.45) is 23.2 Å². The van der Waals surface area contributed by atoms with E-state index in [1.54, 1.807) is 0 Å². The Morgan fingerprint density at radius 2 is 1.67 bits per heavy atom. The van der Waals surface area contributed by atoms with E-state index in [0.717, 1.165) is 51.1 Å². The predicted molar refractivity (Wildman–Crippen MR) is 125 cm³/mol. The summed E-state index contributed by atoms with van der Waals surface area (Å²) in [6.07, 6.45) is 4.36. The summed E-state index contributed by atoms with van der Waals surface area (Å²) in [5.41, 5.74) is 0.608. The topological polar surface area (TPSA) is 96.7 Å². The average molecular weight is 451 g/mol. The molecule has 0 spiro atoms. The van der Waals surface area contributed by atoms with Gasteiger partial charge in [-0.2, -0.15) is 5.26 Å². The standard InChI is InChI=1S/C26H34N4O3/c1-25(2,30-9-7-29(8-10-30)21-5-3-17(16-27)4-6-21)23(31)28-22-19-11-18-12-20(22)15-26(13-18,14-19)24(32)33/h3-6,18-20,22H,7-15H2,1-2H3,(H,28,31)(H,32,33). The minimum absolute atomic E-state index is 0.0659. The zero-order valence-corrected chi connectivity index (χ0v) is 19.6. The van der Waals surface area contributed by atoms with Gasteiger partial charge in [0.2, 0.25) is 5.91 Å². The monoisotopic (exact) mass is 450 g/mol. The van der Waals surface area contributed by atoms with Crippen LogP contribution in [0.3, 0.4) is 0 Å². The summed E-state index contributed by atoms with van der Waals surface area (Å²) in [4.78, 5) is 30.0. The van der Waals surface area contributed by atoms with Gasteiger partial charge >= 0.3 is 5.97 Å². The van der Waals surface area contributed by atoms with E-state index in [0.29, 0.717) is 36.2 Å². The highest BCUT2D eigenvalue weighted by Crippen LogP contribution is 2.60. The number of carboxylic acid groups (broad SMARTS) is 1. The first-order valence-corrected chi connectivity index (χ1v) is 12.3. The van der Waals surface area contributed by atoms with E-state index >= 15 is 0 Å². The molecule has 6 rings (SSSR count). The third kappa shape index (κ3) is 3.78. The van der Waals surface area contributed by atoms with E-state index in [4.69, 9.17) is 5.26 Å². The van der Waals surface area contributed by atoms with Crippen LogP contribution >= 0.6 is 0 Å². The van der Waals surface area contributed by atoms with E-state index in [2.05, 4.69) is 21.2 Å². The number of nitriles is 1. The maximum absolute atomic E-state index is 13.5. The predicted octanol–water partition coefficient (Wildman–Crippen LogP) is 2.85. The van der Waals surface area contributed by atoms with Gasteiger partial charge in [-0.05, 0) is 88.0 Å². The first-order valence-electron chi connectivity index (χ1n) is 12.3. The lowest BCUT2D eigenvalue weighted by Crippen LogP contribution is -2.66. The number of anilines is 1. The molecule has 2 atom stereocenters. The molecule has 4 saturated carbocycles. The van der Waals surface area contributed by atoms with Crippen LogP contribution in [0.4, 0.5) is 5.69 Å². The Kier molecular flexibility index (Phi) is 5.40. The Bertz CT molecular complexity index is 958. The molecule has 2 N–H and O–H groups in total. The van der Waals surface area contributed by atoms with Crippen molar-refractivity contribution < 1.29 is 14.7 Å². The summed E-state index contributed by atoms with van der Waals surface area (Å²) in [5, 5.41) is 22.3. The largest absolute Gasteiger partial charge is 0.481 e. The number of nitrogens with one attached hydrogen (secondary N) is 1. The van der Waals surface area contributed by atoms with Crippen molar-refractivity contribution in [3.63, 3.8) is 0 Å². The number of hydrogen-bond donors (Lipinski definition) is 2. The molecule has 1 aliphatic heterocycles. The van der Waals surface area contributed by atoms with E-state index < -0.39 is 16.9 Å². The molecule has 5 fully saturated rings. The fourth-order valence-electron chi connectivity index (χ4n) is 7.26. The number of benzene rings is 1. The Morgan fingerprint density at radius 1 is 1.06 bits per heavy atom. The van der Waals surface area contributed by atoms with Crippen LogP contribution < -0.4 is 10.2 Å². The van der Waals surface area contributed by atoms with E-state index in [1.807, 2.05) is 38.1 Å². The molecule has 1 amide bonds. The Balaban J connectivity index is 1.21. The lowest BCUT2D eigenvalue weighted by Gasteiger charge is -2.58. The van der Waals surface area contributed by atoms with Crippen LogP contribution in [0.2, 0.25) is 0 Å². The van der Waals surface area contributed by atoms with E-state index in [-0.39, 0.29) is 11.9 Å². The zero-order valence-electron chi connectivity index (χ0n) is 19.6. The molecule has 2 unspecified atom stereocenters. The number of amides is 1. The van der Waals surface area contributed by atoms with E-state index in [1.165, 1.54) is 0 Å². The highest BCUT2D eigenvalue weighted by Gasteiger charge is 2.59. The summed E-state index contributed by atoms with van der Waals surface area (Å²) in [6, 6.07) is 9.94. The number of aliphatic carboxylic acids is 1. The van der Waals surface area contributed by atoms with Crippen molar-refractivity contribution in [1.82, 2.24) is 10.2 Å². The molecule has 1 saturated heterocycles. The van der Waals surface area contributed by atoms with Crippen LogP contribution in [0.15, 0.2) is 24.3 Å². The lowest BCUT2D eigenvalue weighted by molar-refractivity contribution is -0.168. The van der Waals surface area contributed by atoms with Crippen molar-refractivity contribution >= 4 is 17.6 Å². The van der Waals surface area contributed by atoms with Crippen molar-refractivity contribution in [2.45, 2.75) is 57.5 Å². The molecule has 176 valence electrons. The van der Waals surface area contributed by atoms with Gasteiger partial charge in [-0.25, -0.2) is 0 Å². The quantitative estimate of drug-likeness (QED) is 0.716. The highest BCUT2D eigenvalue weighted by atomic mass is 16.4. The molecule has 33 heavy (non-hydrogen) atoms. The second kappa shape index (κ2) is 8.02. The van der Waals surface area contributed by atoms with Crippen LogP contribution in [-0.2, 0) is 9.59 Å². The van der Waals surface area contributed by atoms with Crippen LogP contribution in [0.25, 0.3) is 0 Å². The van der Waals surface area contributed by atoms with Gasteiger partial charge < -0.3 is 15.3 Å². The van der Waals surface area contributed by atoms with Crippen molar-refractivity contribution in [3.8, 4) is 6.07 Å². The number of carbonyl (C=O) groups excluding carboxylic acids is 1. The fraction of sp³-hybridized carbons (Fsp3) is 0.654. The van der Waals surface area contributed by atoms with Crippen LogP contribution in [0, 0.1) is 34.5 Å². The second-order valence-electron chi connectivity index (χ2n) is 11.2. The second-order valence-corrected chi connectivity index (χ2v) is 11.2. The molecule has 5 aliphatic rings. The first-order chi connectivity index (χ1) is 15.7. The number of carboxylic acids is 1. The summed E-state index contributed by atoms with van der Waals surface area (Å²) in [7, 11) is 0. The van der Waals surface area contributed by atoms with Gasteiger partial charge in [0, 0.05) is 37.9 Å². The van der Waals surface area contributed by atoms with Gasteiger partial charge in [-0.15, -0.1) is 0 Å². The molecule has 0 aromatic heterocycles. The Morgan fingerprint density at radius 3 is 2.21 bits per heavy atom. The maximum Gasteiger partial charge on any atom is 0.309 e. The van der Waals surface area contributed by atoms with Crippen molar-refractivity contribution in [2.75, 3.05) is 31.1 Å². The number of rotatable bonds is 5. The fourth-order valence-corrected chi connectivity index (χ4v) is 7.26. The number of hydrogen-bond acceptors (Lipinski definition) is 5. The minimum Gasteiger partial charge on any atom is -0.481 e. The molecule has 1 aromatic carbocycles. The Hall–Kier alpha value is -2.59. The number of nitrogens with zero attached hydrogens (tertiary/aromatic N) is 3. The normalized spacial score (nSPS) is 33.5. The van der Waals surface area contributed by atoms with Gasteiger partial charge in [0.15, 0.2) is 0 Å². The minimum atomic E-state index is -0.632. The third-order valence-electron chi connectivity index (χ3n) is 9.01. The van der Waals surface area contributed by atoms with Gasteiger partial charge in [0.25, 0.3) is 0 Å².